The molecule has 2 aromatic carbocycles. The van der Waals surface area contributed by atoms with Crippen molar-refractivity contribution in [3.63, 3.8) is 0 Å². The van der Waals surface area contributed by atoms with E-state index in [9.17, 15) is 13.2 Å². The van der Waals surface area contributed by atoms with Crippen LogP contribution in [0.5, 0.6) is 0 Å². The van der Waals surface area contributed by atoms with E-state index in [2.05, 4.69) is 15.0 Å². The number of benzene rings is 2. The summed E-state index contributed by atoms with van der Waals surface area (Å²) in [5.74, 6) is 0.132. The van der Waals surface area contributed by atoms with E-state index in [1.54, 1.807) is 29.2 Å². The number of amides is 1. The van der Waals surface area contributed by atoms with Gasteiger partial charge in [0.05, 0.1) is 12.1 Å². The number of hydrogen-bond acceptors (Lipinski definition) is 6. The second-order valence-corrected chi connectivity index (χ2v) is 10.5. The molecule has 1 fully saturated rings. The minimum atomic E-state index is -3.88. The molecule has 0 radical (unpaired) electrons. The largest absolute Gasteiger partial charge is 0.383 e. The lowest BCUT2D eigenvalue weighted by Gasteiger charge is -2.38. The van der Waals surface area contributed by atoms with Gasteiger partial charge in [0.2, 0.25) is 5.91 Å². The maximum absolute atomic E-state index is 13.2. The molecule has 1 aliphatic heterocycles. The molecule has 0 aliphatic carbocycles. The number of aromatic amines is 1. The number of hydrogen-bond donors (Lipinski definition) is 2. The molecule has 9 nitrogen and oxygen atoms in total. The Labute approximate surface area is 195 Å². The lowest BCUT2D eigenvalue weighted by molar-refractivity contribution is -0.137. The van der Waals surface area contributed by atoms with E-state index in [1.807, 2.05) is 25.1 Å². The number of halogens is 1. The van der Waals surface area contributed by atoms with Crippen LogP contribution in [0.15, 0.2) is 53.8 Å². The summed E-state index contributed by atoms with van der Waals surface area (Å²) in [7, 11) is -3.88. The van der Waals surface area contributed by atoms with Gasteiger partial charge in [0.15, 0.2) is 0 Å². The lowest BCUT2D eigenvalue weighted by Crippen LogP contribution is -2.56. The topological polar surface area (TPSA) is 125 Å². The van der Waals surface area contributed by atoms with Crippen molar-refractivity contribution in [3.8, 4) is 0 Å². The molecule has 4 aromatic rings. The first-order valence-corrected chi connectivity index (χ1v) is 12.1. The predicted octanol–water partition coefficient (Wildman–Crippen LogP) is 2.77. The van der Waals surface area contributed by atoms with Gasteiger partial charge >= 0.3 is 0 Å². The standard InChI is InChI=1S/C22H21ClN6O3S/c1-13-9-28(33(31,32)20-7-15-3-4-16(23)8-18(15)27-20)11-21(30)29(13)10-14-2-5-17-19(6-14)25-12-26-22(17)24/h2-8,12-13,27H,9-11H2,1H3,(H2,24,25,26)/t13-/m0/s1. The Bertz CT molecular complexity index is 1500. The number of nitrogens with two attached hydrogens (primary N) is 1. The number of carbonyl (C=O) groups excluding carboxylic acids is 1. The van der Waals surface area contributed by atoms with Gasteiger partial charge in [0.1, 0.15) is 17.2 Å². The van der Waals surface area contributed by atoms with Crippen LogP contribution in [0.25, 0.3) is 21.8 Å². The van der Waals surface area contributed by atoms with Gasteiger partial charge in [0.25, 0.3) is 10.0 Å². The van der Waals surface area contributed by atoms with E-state index in [-0.39, 0.29) is 30.1 Å². The number of sulfonamides is 1. The zero-order chi connectivity index (χ0) is 23.3. The third-order valence-corrected chi connectivity index (χ3v) is 7.86. The van der Waals surface area contributed by atoms with Crippen molar-refractivity contribution in [1.82, 2.24) is 24.2 Å². The SMILES string of the molecule is C[C@H]1CN(S(=O)(=O)c2cc3ccc(Cl)cc3[nH]2)CC(=O)N1Cc1ccc2c(N)ncnc2c1. The summed E-state index contributed by atoms with van der Waals surface area (Å²) < 4.78 is 27.7. The van der Waals surface area contributed by atoms with Gasteiger partial charge in [-0.05, 0) is 42.8 Å². The van der Waals surface area contributed by atoms with Gasteiger partial charge in [-0.15, -0.1) is 0 Å². The molecule has 1 amide bonds. The van der Waals surface area contributed by atoms with Gasteiger partial charge in [-0.1, -0.05) is 23.7 Å². The minimum absolute atomic E-state index is 0.0417. The Morgan fingerprint density at radius 3 is 2.79 bits per heavy atom. The molecule has 1 atom stereocenters. The van der Waals surface area contributed by atoms with Crippen LogP contribution in [0.4, 0.5) is 5.82 Å². The molecule has 170 valence electrons. The Kier molecular flexibility index (Phi) is 5.23. The summed E-state index contributed by atoms with van der Waals surface area (Å²) >= 11 is 6.01. The summed E-state index contributed by atoms with van der Waals surface area (Å²) in [5.41, 5.74) is 8.08. The molecule has 11 heteroatoms. The maximum Gasteiger partial charge on any atom is 0.259 e. The van der Waals surface area contributed by atoms with Gasteiger partial charge in [-0.2, -0.15) is 4.31 Å². The molecule has 0 saturated carbocycles. The van der Waals surface area contributed by atoms with Crippen LogP contribution in [0.1, 0.15) is 12.5 Å². The van der Waals surface area contributed by atoms with Crippen LogP contribution < -0.4 is 5.73 Å². The van der Waals surface area contributed by atoms with Crippen LogP contribution in [-0.4, -0.2) is 57.6 Å². The molecule has 3 heterocycles. The average Bonchev–Trinajstić information content (AvgIpc) is 3.20. The second kappa shape index (κ2) is 7.98. The lowest BCUT2D eigenvalue weighted by atomic mass is 10.1. The van der Waals surface area contributed by atoms with Crippen LogP contribution in [-0.2, 0) is 21.4 Å². The Morgan fingerprint density at radius 1 is 1.18 bits per heavy atom. The molecule has 5 rings (SSSR count). The van der Waals surface area contributed by atoms with Crippen LogP contribution in [0.3, 0.4) is 0 Å². The van der Waals surface area contributed by atoms with Crippen molar-refractivity contribution < 1.29 is 13.2 Å². The number of H-pyrrole nitrogens is 1. The van der Waals surface area contributed by atoms with E-state index in [4.69, 9.17) is 17.3 Å². The molecule has 0 unspecified atom stereocenters. The second-order valence-electron chi connectivity index (χ2n) is 8.14. The zero-order valence-corrected chi connectivity index (χ0v) is 19.3. The van der Waals surface area contributed by atoms with E-state index < -0.39 is 10.0 Å². The highest BCUT2D eigenvalue weighted by Gasteiger charge is 2.37. The van der Waals surface area contributed by atoms with Crippen LogP contribution in [0, 0.1) is 0 Å². The molecule has 1 aliphatic rings. The van der Waals surface area contributed by atoms with Crippen molar-refractivity contribution >= 4 is 55.2 Å². The predicted molar refractivity (Wildman–Crippen MR) is 126 cm³/mol. The molecule has 33 heavy (non-hydrogen) atoms. The molecule has 1 saturated heterocycles. The third kappa shape index (κ3) is 3.90. The fourth-order valence-electron chi connectivity index (χ4n) is 4.14. The van der Waals surface area contributed by atoms with E-state index in [0.29, 0.717) is 28.4 Å². The quantitative estimate of drug-likeness (QED) is 0.458. The highest BCUT2D eigenvalue weighted by molar-refractivity contribution is 7.89. The number of anilines is 1. The number of nitrogens with zero attached hydrogens (tertiary/aromatic N) is 4. The highest BCUT2D eigenvalue weighted by Crippen LogP contribution is 2.27. The molecule has 3 N–H and O–H groups in total. The van der Waals surface area contributed by atoms with E-state index in [1.165, 1.54) is 10.6 Å². The Balaban J connectivity index is 1.37. The number of carbonyl (C=O) groups is 1. The maximum atomic E-state index is 13.2. The number of nitrogen functional groups attached to an aromatic ring is 1. The van der Waals surface area contributed by atoms with E-state index in [0.717, 1.165) is 16.3 Å². The van der Waals surface area contributed by atoms with Gasteiger partial charge in [-0.25, -0.2) is 18.4 Å². The monoisotopic (exact) mass is 484 g/mol. The average molecular weight is 485 g/mol. The number of piperazine rings is 1. The van der Waals surface area contributed by atoms with Gasteiger partial charge in [0, 0.05) is 40.4 Å². The van der Waals surface area contributed by atoms with Crippen LogP contribution in [0.2, 0.25) is 5.02 Å². The molecular formula is C22H21ClN6O3S. The summed E-state index contributed by atoms with van der Waals surface area (Å²) in [6.45, 7) is 2.14. The fourth-order valence-corrected chi connectivity index (χ4v) is 5.80. The molecule has 0 bridgehead atoms. The fraction of sp³-hybridized carbons (Fsp3) is 0.227. The van der Waals surface area contributed by atoms with Crippen molar-refractivity contribution in [2.24, 2.45) is 0 Å². The van der Waals surface area contributed by atoms with Crippen molar-refractivity contribution in [3.05, 3.63) is 59.4 Å². The molecular weight excluding hydrogens is 464 g/mol. The van der Waals surface area contributed by atoms with E-state index >= 15 is 0 Å². The summed E-state index contributed by atoms with van der Waals surface area (Å²) in [5, 5.41) is 2.03. The van der Waals surface area contributed by atoms with Gasteiger partial charge < -0.3 is 15.6 Å². The summed E-state index contributed by atoms with van der Waals surface area (Å²) in [6.07, 6.45) is 1.40. The summed E-state index contributed by atoms with van der Waals surface area (Å²) in [4.78, 5) is 25.8. The minimum Gasteiger partial charge on any atom is -0.383 e. The number of nitrogens with one attached hydrogen (secondary N) is 1. The first kappa shape index (κ1) is 21.6. The van der Waals surface area contributed by atoms with Gasteiger partial charge in [-0.3, -0.25) is 4.79 Å². The normalized spacial score (nSPS) is 17.8. The number of fused-ring (bicyclic) bond motifs is 2. The highest BCUT2D eigenvalue weighted by atomic mass is 35.5. The van der Waals surface area contributed by atoms with Crippen LogP contribution >= 0.6 is 11.6 Å². The first-order valence-electron chi connectivity index (χ1n) is 10.3. The smallest absolute Gasteiger partial charge is 0.259 e. The van der Waals surface area contributed by atoms with Crippen molar-refractivity contribution in [2.75, 3.05) is 18.8 Å². The zero-order valence-electron chi connectivity index (χ0n) is 17.7. The summed E-state index contributed by atoms with van der Waals surface area (Å²) in [6, 6.07) is 11.9. The first-order chi connectivity index (χ1) is 15.7. The third-order valence-electron chi connectivity index (χ3n) is 5.89. The Hall–Kier alpha value is -3.21. The molecule has 0 spiro atoms. The Morgan fingerprint density at radius 2 is 2.00 bits per heavy atom. The van der Waals surface area contributed by atoms with Crippen molar-refractivity contribution in [1.29, 1.82) is 0 Å². The van der Waals surface area contributed by atoms with Crippen molar-refractivity contribution in [2.45, 2.75) is 24.5 Å². The number of aromatic nitrogens is 3. The molecule has 2 aromatic heterocycles. The number of rotatable bonds is 4.